The summed E-state index contributed by atoms with van der Waals surface area (Å²) in [6, 6.07) is 5.06. The molecule has 210 valence electrons. The molecule has 0 saturated heterocycles. The van der Waals surface area contributed by atoms with Crippen molar-refractivity contribution in [1.29, 1.82) is 0 Å². The fourth-order valence-electron chi connectivity index (χ4n) is 3.61. The van der Waals surface area contributed by atoms with Crippen molar-refractivity contribution in [3.63, 3.8) is 0 Å². The molecule has 2 aromatic carbocycles. The largest absolute Gasteiger partial charge is 0.435 e. The maximum absolute atomic E-state index is 14.4. The van der Waals surface area contributed by atoms with Gasteiger partial charge in [-0.3, -0.25) is 18.9 Å². The van der Waals surface area contributed by atoms with Crippen molar-refractivity contribution in [2.45, 2.75) is 44.3 Å². The van der Waals surface area contributed by atoms with E-state index in [1.54, 1.807) is 0 Å². The van der Waals surface area contributed by atoms with E-state index in [1.165, 1.54) is 43.7 Å². The minimum atomic E-state index is -6.30. The molecule has 0 heterocycles. The Bertz CT molecular complexity index is 1360. The first-order valence-electron chi connectivity index (χ1n) is 10.5. The highest BCUT2D eigenvalue weighted by Gasteiger charge is 2.73. The molecule has 4 N–H and O–H groups in total. The predicted molar refractivity (Wildman–Crippen MR) is 131 cm³/mol. The van der Waals surface area contributed by atoms with Crippen molar-refractivity contribution in [3.05, 3.63) is 63.7 Å². The number of benzene rings is 2. The summed E-state index contributed by atoms with van der Waals surface area (Å²) < 4.78 is 105. The third-order valence-corrected chi connectivity index (χ3v) is 6.48. The number of amides is 2. The average Bonchev–Trinajstić information content (AvgIpc) is 2.70. The Balaban J connectivity index is 2.46. The van der Waals surface area contributed by atoms with Gasteiger partial charge in [-0.2, -0.15) is 26.3 Å². The Morgan fingerprint density at radius 3 is 2.00 bits per heavy atom. The number of hydrogen-bond donors (Lipinski definition) is 3. The van der Waals surface area contributed by atoms with Crippen LogP contribution in [0.4, 0.5) is 36.4 Å². The van der Waals surface area contributed by atoms with Gasteiger partial charge in [0, 0.05) is 32.6 Å². The summed E-state index contributed by atoms with van der Waals surface area (Å²) in [4.78, 5) is 26.0. The molecule has 0 spiro atoms. The van der Waals surface area contributed by atoms with Crippen LogP contribution in [0, 0.1) is 6.92 Å². The number of carbonyl (C=O) groups excluding carboxylic acids is 2. The number of halogens is 8. The van der Waals surface area contributed by atoms with E-state index in [1.807, 2.05) is 0 Å². The van der Waals surface area contributed by atoms with E-state index in [-0.39, 0.29) is 33.5 Å². The minimum Gasteiger partial charge on any atom is -0.343 e. The van der Waals surface area contributed by atoms with E-state index in [4.69, 9.17) is 16.7 Å². The molecular weight excluding hydrogens is 567 g/mol. The molecular formula is C23H23ClF7N3O3S. The topological polar surface area (TPSA) is 101 Å². The summed E-state index contributed by atoms with van der Waals surface area (Å²) in [5.74, 6) is -1.86. The van der Waals surface area contributed by atoms with Crippen LogP contribution in [0.1, 0.15) is 45.7 Å². The van der Waals surface area contributed by atoms with Gasteiger partial charge < -0.3 is 10.6 Å². The van der Waals surface area contributed by atoms with Gasteiger partial charge in [0.1, 0.15) is 0 Å². The van der Waals surface area contributed by atoms with E-state index in [2.05, 4.69) is 10.6 Å². The minimum absolute atomic E-state index is 0.166. The molecule has 0 aliphatic rings. The fourth-order valence-corrected chi connectivity index (χ4v) is 5.10. The van der Waals surface area contributed by atoms with Crippen LogP contribution >= 0.6 is 11.6 Å². The summed E-state index contributed by atoms with van der Waals surface area (Å²) in [5, 5.41) is 11.3. The lowest BCUT2D eigenvalue weighted by Crippen LogP contribution is -2.50. The Labute approximate surface area is 218 Å². The Kier molecular flexibility index (Phi) is 8.57. The molecule has 15 heteroatoms. The highest BCUT2D eigenvalue weighted by Crippen LogP contribution is 2.53. The van der Waals surface area contributed by atoms with Gasteiger partial charge >= 0.3 is 18.0 Å². The molecule has 1 atom stereocenters. The molecule has 1 unspecified atom stereocenters. The first kappa shape index (κ1) is 31.4. The second-order valence-corrected chi connectivity index (χ2v) is 11.6. The first-order valence-corrected chi connectivity index (χ1v) is 13.0. The van der Waals surface area contributed by atoms with Gasteiger partial charge in [-0.15, -0.1) is 0 Å². The normalized spacial score (nSPS) is 14.4. The standard InChI is InChI=1S/C23H23ClF7N3O3S/c1-12-10-13(21(25,22(26,27)28)23(29,30)31)8-9-16(12)33-18(35)14-6-5-7-15(24)17(14)19(36)34-20(2,3)11-38(4,32)37/h5-11H,1-4H3,(H2,32,37)(H,33,35)(H,34,36). The molecule has 0 aliphatic carbocycles. The molecule has 38 heavy (non-hydrogen) atoms. The number of nitrogens with two attached hydrogens (primary N) is 1. The predicted octanol–water partition coefficient (Wildman–Crippen LogP) is 5.29. The van der Waals surface area contributed by atoms with Crippen molar-refractivity contribution in [2.75, 3.05) is 11.6 Å². The maximum Gasteiger partial charge on any atom is 0.435 e. The third kappa shape index (κ3) is 6.77. The van der Waals surface area contributed by atoms with Crippen LogP contribution in [0.3, 0.4) is 0 Å². The summed E-state index contributed by atoms with van der Waals surface area (Å²) >= 11 is 6.13. The van der Waals surface area contributed by atoms with Crippen molar-refractivity contribution in [2.24, 2.45) is 5.14 Å². The number of carbonyl (C=O) groups is 2. The van der Waals surface area contributed by atoms with Crippen LogP contribution < -0.4 is 15.8 Å². The van der Waals surface area contributed by atoms with Gasteiger partial charge in [-0.05, 0) is 44.5 Å². The molecule has 2 aromatic rings. The van der Waals surface area contributed by atoms with E-state index in [9.17, 15) is 44.5 Å². The SMILES string of the molecule is Cc1cc(C(F)(C(F)(F)F)C(F)(F)F)ccc1NC(=O)c1cccc(Cl)c1C(=O)NC(C)(C)C=S(C)(N)=O. The average molecular weight is 590 g/mol. The third-order valence-electron chi connectivity index (χ3n) is 5.10. The molecule has 2 rings (SSSR count). The molecule has 2 amide bonds. The molecule has 0 radical (unpaired) electrons. The van der Waals surface area contributed by atoms with Crippen molar-refractivity contribution in [1.82, 2.24) is 5.32 Å². The van der Waals surface area contributed by atoms with Crippen LogP contribution in [-0.2, 0) is 15.4 Å². The van der Waals surface area contributed by atoms with Crippen LogP contribution in [0.15, 0.2) is 36.4 Å². The first-order chi connectivity index (χ1) is 17.0. The van der Waals surface area contributed by atoms with E-state index in [0.29, 0.717) is 12.1 Å². The second kappa shape index (κ2) is 10.4. The lowest BCUT2D eigenvalue weighted by molar-refractivity contribution is -0.348. The fraction of sp³-hybridized carbons (Fsp3) is 0.348. The van der Waals surface area contributed by atoms with Gasteiger partial charge in [0.15, 0.2) is 0 Å². The van der Waals surface area contributed by atoms with Crippen LogP contribution in [0.5, 0.6) is 0 Å². The molecule has 0 saturated carbocycles. The van der Waals surface area contributed by atoms with Crippen LogP contribution in [-0.4, -0.2) is 45.5 Å². The van der Waals surface area contributed by atoms with E-state index < -0.39 is 50.6 Å². The van der Waals surface area contributed by atoms with E-state index >= 15 is 0 Å². The van der Waals surface area contributed by atoms with Crippen LogP contribution in [0.25, 0.3) is 0 Å². The maximum atomic E-state index is 14.4. The Morgan fingerprint density at radius 1 is 0.974 bits per heavy atom. The number of anilines is 1. The van der Waals surface area contributed by atoms with Crippen molar-refractivity contribution >= 4 is 44.2 Å². The quantitative estimate of drug-likeness (QED) is 0.315. The molecule has 6 nitrogen and oxygen atoms in total. The van der Waals surface area contributed by atoms with Gasteiger partial charge in [-0.25, -0.2) is 4.39 Å². The smallest absolute Gasteiger partial charge is 0.343 e. The summed E-state index contributed by atoms with van der Waals surface area (Å²) in [6.45, 7) is 4.02. The lowest BCUT2D eigenvalue weighted by atomic mass is 9.92. The zero-order chi connectivity index (χ0) is 29.5. The molecule has 0 bridgehead atoms. The summed E-state index contributed by atoms with van der Waals surface area (Å²) in [6.07, 6.45) is -11.4. The Morgan fingerprint density at radius 2 is 1.53 bits per heavy atom. The summed E-state index contributed by atoms with van der Waals surface area (Å²) in [7, 11) is -2.89. The number of aryl methyl sites for hydroxylation is 1. The molecule has 0 fully saturated rings. The highest BCUT2D eigenvalue weighted by atomic mass is 35.5. The zero-order valence-corrected chi connectivity index (χ0v) is 21.8. The zero-order valence-electron chi connectivity index (χ0n) is 20.3. The monoisotopic (exact) mass is 589 g/mol. The highest BCUT2D eigenvalue weighted by molar-refractivity contribution is 7.98. The number of rotatable bonds is 6. The molecule has 0 aliphatic heterocycles. The second-order valence-electron chi connectivity index (χ2n) is 9.06. The number of hydrogen-bond acceptors (Lipinski definition) is 3. The van der Waals surface area contributed by atoms with Gasteiger partial charge in [0.2, 0.25) is 0 Å². The van der Waals surface area contributed by atoms with Crippen LogP contribution in [0.2, 0.25) is 5.02 Å². The number of alkyl halides is 7. The van der Waals surface area contributed by atoms with Gasteiger partial charge in [0.25, 0.3) is 11.8 Å². The van der Waals surface area contributed by atoms with E-state index in [0.717, 1.165) is 6.92 Å². The van der Waals surface area contributed by atoms with Crippen molar-refractivity contribution < 1.29 is 44.5 Å². The van der Waals surface area contributed by atoms with Gasteiger partial charge in [-0.1, -0.05) is 29.8 Å². The lowest BCUT2D eigenvalue weighted by Gasteiger charge is -2.30. The van der Waals surface area contributed by atoms with Gasteiger partial charge in [0.05, 0.1) is 21.7 Å². The number of nitrogens with one attached hydrogen (secondary N) is 2. The van der Waals surface area contributed by atoms with Crippen molar-refractivity contribution in [3.8, 4) is 0 Å². The Hall–Kier alpha value is -2.84. The molecule has 0 aromatic heterocycles. The summed E-state index contributed by atoms with van der Waals surface area (Å²) in [5.41, 5.74) is -9.77.